The summed E-state index contributed by atoms with van der Waals surface area (Å²) in [6.07, 6.45) is 0.955. The molecule has 2 N–H and O–H groups in total. The minimum Gasteiger partial charge on any atom is -0.481 e. The van der Waals surface area contributed by atoms with Crippen LogP contribution in [0.25, 0.3) is 0 Å². The number of aromatic nitrogens is 1. The Balaban J connectivity index is 2.36. The minimum atomic E-state index is -3.79. The Labute approximate surface area is 113 Å². The average Bonchev–Trinajstić information content (AvgIpc) is 2.84. The number of aryl methyl sites for hydroxylation is 1. The molecule has 0 saturated carbocycles. The second-order valence-electron chi connectivity index (χ2n) is 4.44. The number of carboxylic acid groups (broad SMARTS) is 1. The van der Waals surface area contributed by atoms with Crippen molar-refractivity contribution in [2.75, 3.05) is 6.54 Å². The van der Waals surface area contributed by atoms with E-state index in [2.05, 4.69) is 4.98 Å². The van der Waals surface area contributed by atoms with Gasteiger partial charge in [0.05, 0.1) is 6.42 Å². The van der Waals surface area contributed by atoms with Crippen molar-refractivity contribution in [3.8, 4) is 0 Å². The highest BCUT2D eigenvalue weighted by Crippen LogP contribution is 2.29. The number of thiazole rings is 1. The number of hydrogen-bond acceptors (Lipinski definition) is 5. The van der Waals surface area contributed by atoms with Crippen LogP contribution in [0, 0.1) is 6.92 Å². The summed E-state index contributed by atoms with van der Waals surface area (Å²) in [7, 11) is -3.79. The predicted molar refractivity (Wildman–Crippen MR) is 68.8 cm³/mol. The first-order valence-electron chi connectivity index (χ1n) is 5.75. The molecule has 9 heteroatoms. The number of aliphatic carboxylic acids is 1. The van der Waals surface area contributed by atoms with Crippen LogP contribution in [-0.4, -0.2) is 41.4 Å². The van der Waals surface area contributed by atoms with Gasteiger partial charge in [-0.15, -0.1) is 0 Å². The third kappa shape index (κ3) is 2.72. The number of H-pyrrole nitrogens is 1. The van der Waals surface area contributed by atoms with Crippen molar-refractivity contribution in [2.24, 2.45) is 0 Å². The van der Waals surface area contributed by atoms with Gasteiger partial charge < -0.3 is 10.1 Å². The van der Waals surface area contributed by atoms with Gasteiger partial charge in [-0.05, 0) is 19.8 Å². The molecule has 0 radical (unpaired) electrons. The van der Waals surface area contributed by atoms with Gasteiger partial charge in [-0.3, -0.25) is 9.59 Å². The number of carboxylic acids is 1. The van der Waals surface area contributed by atoms with Crippen LogP contribution in [-0.2, 0) is 14.8 Å². The molecule has 0 bridgehead atoms. The summed E-state index contributed by atoms with van der Waals surface area (Å²) in [5.41, 5.74) is 0.302. The Kier molecular flexibility index (Phi) is 3.79. The van der Waals surface area contributed by atoms with Gasteiger partial charge in [-0.25, -0.2) is 8.42 Å². The Bertz CT molecular complexity index is 645. The van der Waals surface area contributed by atoms with Crippen LogP contribution in [0.3, 0.4) is 0 Å². The molecule has 1 aromatic heterocycles. The normalized spacial score (nSPS) is 20.8. The highest BCUT2D eigenvalue weighted by Gasteiger charge is 2.38. The van der Waals surface area contributed by atoms with E-state index >= 15 is 0 Å². The average molecular weight is 306 g/mol. The fraction of sp³-hybridized carbons (Fsp3) is 0.600. The summed E-state index contributed by atoms with van der Waals surface area (Å²) in [5.74, 6) is -1.02. The quantitative estimate of drug-likeness (QED) is 0.835. The summed E-state index contributed by atoms with van der Waals surface area (Å²) in [6, 6.07) is -0.529. The molecular formula is C10H14N2O5S2. The van der Waals surface area contributed by atoms with Gasteiger partial charge in [0.25, 0.3) is 10.0 Å². The van der Waals surface area contributed by atoms with Crippen LogP contribution >= 0.6 is 11.3 Å². The fourth-order valence-electron chi connectivity index (χ4n) is 2.27. The number of carbonyl (C=O) groups is 1. The van der Waals surface area contributed by atoms with Gasteiger partial charge in [0.15, 0.2) is 4.21 Å². The third-order valence-corrected chi connectivity index (χ3v) is 6.59. The third-order valence-electron chi connectivity index (χ3n) is 3.06. The van der Waals surface area contributed by atoms with Crippen molar-refractivity contribution >= 4 is 27.3 Å². The summed E-state index contributed by atoms with van der Waals surface area (Å²) in [6.45, 7) is 1.82. The lowest BCUT2D eigenvalue weighted by Crippen LogP contribution is -2.36. The maximum absolute atomic E-state index is 12.4. The molecule has 1 saturated heterocycles. The smallest absolute Gasteiger partial charge is 0.305 e. The van der Waals surface area contributed by atoms with Crippen molar-refractivity contribution in [3.63, 3.8) is 0 Å². The number of sulfonamides is 1. The van der Waals surface area contributed by atoms with E-state index in [0.29, 0.717) is 36.4 Å². The minimum absolute atomic E-state index is 0.0187. The largest absolute Gasteiger partial charge is 0.481 e. The van der Waals surface area contributed by atoms with Gasteiger partial charge in [-0.1, -0.05) is 11.3 Å². The van der Waals surface area contributed by atoms with Crippen LogP contribution in [0.4, 0.5) is 0 Å². The first-order valence-corrected chi connectivity index (χ1v) is 8.01. The molecule has 0 amide bonds. The summed E-state index contributed by atoms with van der Waals surface area (Å²) >= 11 is 0.641. The second kappa shape index (κ2) is 5.06. The number of aromatic amines is 1. The molecule has 0 aromatic carbocycles. The lowest BCUT2D eigenvalue weighted by Gasteiger charge is -2.22. The Hall–Kier alpha value is -1.19. The van der Waals surface area contributed by atoms with E-state index in [-0.39, 0.29) is 10.6 Å². The van der Waals surface area contributed by atoms with E-state index in [1.165, 1.54) is 11.2 Å². The molecule has 1 aliphatic rings. The van der Waals surface area contributed by atoms with Gasteiger partial charge >= 0.3 is 10.8 Å². The molecule has 1 aromatic rings. The zero-order valence-corrected chi connectivity index (χ0v) is 11.9. The number of nitrogens with zero attached hydrogens (tertiary/aromatic N) is 1. The molecule has 0 spiro atoms. The van der Waals surface area contributed by atoms with E-state index in [9.17, 15) is 18.0 Å². The molecule has 0 aliphatic carbocycles. The van der Waals surface area contributed by atoms with Crippen molar-refractivity contribution in [2.45, 2.75) is 36.4 Å². The maximum Gasteiger partial charge on any atom is 0.305 e. The van der Waals surface area contributed by atoms with Crippen LogP contribution in [0.5, 0.6) is 0 Å². The van der Waals surface area contributed by atoms with Crippen molar-refractivity contribution in [1.29, 1.82) is 0 Å². The molecule has 7 nitrogen and oxygen atoms in total. The SMILES string of the molecule is Cc1[nH]c(=O)sc1S(=O)(=O)N1CCCC1CC(=O)O. The molecule has 106 valence electrons. The van der Waals surface area contributed by atoms with Crippen LogP contribution < -0.4 is 4.87 Å². The van der Waals surface area contributed by atoms with Gasteiger partial charge in [0.2, 0.25) is 0 Å². The monoisotopic (exact) mass is 306 g/mol. The van der Waals surface area contributed by atoms with Crippen LogP contribution in [0.15, 0.2) is 9.00 Å². The topological polar surface area (TPSA) is 108 Å². The lowest BCUT2D eigenvalue weighted by atomic mass is 10.2. The number of hydrogen-bond donors (Lipinski definition) is 2. The van der Waals surface area contributed by atoms with Gasteiger partial charge in [0.1, 0.15) is 0 Å². The van der Waals surface area contributed by atoms with E-state index < -0.39 is 26.9 Å². The van der Waals surface area contributed by atoms with Gasteiger partial charge in [-0.2, -0.15) is 4.31 Å². The van der Waals surface area contributed by atoms with Gasteiger partial charge in [0, 0.05) is 18.3 Å². The van der Waals surface area contributed by atoms with E-state index in [0.717, 1.165) is 0 Å². The Morgan fingerprint density at radius 2 is 2.26 bits per heavy atom. The molecule has 2 rings (SSSR count). The molecule has 2 heterocycles. The predicted octanol–water partition coefficient (Wildman–Crippen LogP) is 0.373. The Morgan fingerprint density at radius 1 is 1.58 bits per heavy atom. The van der Waals surface area contributed by atoms with Crippen molar-refractivity contribution in [3.05, 3.63) is 15.4 Å². The number of nitrogens with one attached hydrogen (secondary N) is 1. The standard InChI is InChI=1S/C10H14N2O5S2/c1-6-9(18-10(15)11-6)19(16,17)12-4-2-3-7(12)5-8(13)14/h7H,2-5H2,1H3,(H,11,15)(H,13,14). The highest BCUT2D eigenvalue weighted by molar-refractivity contribution is 7.91. The summed E-state index contributed by atoms with van der Waals surface area (Å²) in [4.78, 5) is 24.0. The molecule has 19 heavy (non-hydrogen) atoms. The zero-order chi connectivity index (χ0) is 14.2. The molecule has 1 atom stereocenters. The van der Waals surface area contributed by atoms with Crippen molar-refractivity contribution in [1.82, 2.24) is 9.29 Å². The van der Waals surface area contributed by atoms with Crippen molar-refractivity contribution < 1.29 is 18.3 Å². The summed E-state index contributed by atoms with van der Waals surface area (Å²) < 4.78 is 26.1. The van der Waals surface area contributed by atoms with Crippen LogP contribution in [0.1, 0.15) is 25.0 Å². The first kappa shape index (κ1) is 14.2. The zero-order valence-electron chi connectivity index (χ0n) is 10.2. The molecule has 1 aliphatic heterocycles. The Morgan fingerprint density at radius 3 is 2.79 bits per heavy atom. The van der Waals surface area contributed by atoms with E-state index in [1.807, 2.05) is 0 Å². The molecule has 1 fully saturated rings. The van der Waals surface area contributed by atoms with E-state index in [1.54, 1.807) is 0 Å². The maximum atomic E-state index is 12.4. The molecule has 1 unspecified atom stereocenters. The second-order valence-corrected chi connectivity index (χ2v) is 7.51. The summed E-state index contributed by atoms with van der Waals surface area (Å²) in [5, 5.41) is 8.81. The van der Waals surface area contributed by atoms with E-state index in [4.69, 9.17) is 5.11 Å². The fourth-order valence-corrected chi connectivity index (χ4v) is 5.38. The first-order chi connectivity index (χ1) is 8.82. The lowest BCUT2D eigenvalue weighted by molar-refractivity contribution is -0.137. The molecular weight excluding hydrogens is 292 g/mol. The highest BCUT2D eigenvalue weighted by atomic mass is 32.2. The van der Waals surface area contributed by atoms with Crippen LogP contribution in [0.2, 0.25) is 0 Å². The number of rotatable bonds is 4.